The Kier molecular flexibility index (Phi) is 7.20. The molecule has 1 saturated heterocycles. The molecule has 3 aromatic rings. The fourth-order valence-electron chi connectivity index (χ4n) is 4.26. The highest BCUT2D eigenvalue weighted by Gasteiger charge is 2.47. The van der Waals surface area contributed by atoms with E-state index in [0.717, 1.165) is 5.56 Å². The standard InChI is InChI=1S/C29H27NO6/c1-4-15-36-29(34)20-11-8-12-21(17-20)30-25(19-9-6-5-7-10-19)24(27(32)28(30)33)26(31)22-16-18(2)13-14-23(22)35-3/h5-14,16-17,25,31H,4,15H2,1-3H3/b26-24+. The molecule has 3 aromatic carbocycles. The van der Waals surface area contributed by atoms with Crippen LogP contribution in [0.2, 0.25) is 0 Å². The van der Waals surface area contributed by atoms with E-state index in [4.69, 9.17) is 9.47 Å². The minimum absolute atomic E-state index is 0.0611. The summed E-state index contributed by atoms with van der Waals surface area (Å²) in [6.07, 6.45) is 0.677. The Labute approximate surface area is 209 Å². The number of amides is 1. The smallest absolute Gasteiger partial charge is 0.338 e. The van der Waals surface area contributed by atoms with Crippen LogP contribution in [0.4, 0.5) is 5.69 Å². The third kappa shape index (κ3) is 4.60. The number of nitrogens with zero attached hydrogens (tertiary/aromatic N) is 1. The molecular formula is C29H27NO6. The zero-order valence-electron chi connectivity index (χ0n) is 20.4. The number of carbonyl (C=O) groups is 3. The maximum Gasteiger partial charge on any atom is 0.338 e. The number of aliphatic hydroxyl groups is 1. The van der Waals surface area contributed by atoms with Gasteiger partial charge in [-0.1, -0.05) is 55.0 Å². The van der Waals surface area contributed by atoms with Crippen molar-refractivity contribution in [1.82, 2.24) is 0 Å². The molecule has 0 spiro atoms. The lowest BCUT2D eigenvalue weighted by Crippen LogP contribution is -2.29. The maximum absolute atomic E-state index is 13.4. The molecule has 4 rings (SSSR count). The highest BCUT2D eigenvalue weighted by Crippen LogP contribution is 2.43. The maximum atomic E-state index is 13.4. The lowest BCUT2D eigenvalue weighted by atomic mass is 9.94. The minimum Gasteiger partial charge on any atom is -0.507 e. The lowest BCUT2D eigenvalue weighted by molar-refractivity contribution is -0.132. The summed E-state index contributed by atoms with van der Waals surface area (Å²) in [4.78, 5) is 40.6. The monoisotopic (exact) mass is 485 g/mol. The van der Waals surface area contributed by atoms with E-state index in [1.807, 2.05) is 26.0 Å². The van der Waals surface area contributed by atoms with Crippen molar-refractivity contribution in [3.05, 3.63) is 101 Å². The van der Waals surface area contributed by atoms with Gasteiger partial charge in [-0.25, -0.2) is 4.79 Å². The van der Waals surface area contributed by atoms with E-state index < -0.39 is 23.7 Å². The average Bonchev–Trinajstić information content (AvgIpc) is 3.17. The molecule has 1 amide bonds. The van der Waals surface area contributed by atoms with Crippen molar-refractivity contribution in [1.29, 1.82) is 0 Å². The van der Waals surface area contributed by atoms with Crippen LogP contribution in [0.3, 0.4) is 0 Å². The molecule has 1 fully saturated rings. The van der Waals surface area contributed by atoms with Gasteiger partial charge in [-0.2, -0.15) is 0 Å². The predicted molar refractivity (Wildman–Crippen MR) is 136 cm³/mol. The summed E-state index contributed by atoms with van der Waals surface area (Å²) in [5.74, 6) is -2.11. The second kappa shape index (κ2) is 10.5. The van der Waals surface area contributed by atoms with Crippen LogP contribution < -0.4 is 9.64 Å². The van der Waals surface area contributed by atoms with Crippen LogP contribution in [0.5, 0.6) is 5.75 Å². The van der Waals surface area contributed by atoms with Gasteiger partial charge in [-0.05, 0) is 49.2 Å². The van der Waals surface area contributed by atoms with Gasteiger partial charge in [0.05, 0.1) is 36.5 Å². The molecule has 0 radical (unpaired) electrons. The number of anilines is 1. The summed E-state index contributed by atoms with van der Waals surface area (Å²) in [6.45, 7) is 4.02. The van der Waals surface area contributed by atoms with Crippen molar-refractivity contribution < 1.29 is 29.0 Å². The quantitative estimate of drug-likeness (QED) is 0.214. The van der Waals surface area contributed by atoms with E-state index in [-0.39, 0.29) is 23.5 Å². The molecule has 184 valence electrons. The van der Waals surface area contributed by atoms with Crippen molar-refractivity contribution in [2.75, 3.05) is 18.6 Å². The minimum atomic E-state index is -0.918. The number of aryl methyl sites for hydroxylation is 1. The van der Waals surface area contributed by atoms with E-state index in [0.29, 0.717) is 29.0 Å². The van der Waals surface area contributed by atoms with Gasteiger partial charge < -0.3 is 14.6 Å². The van der Waals surface area contributed by atoms with Crippen LogP contribution in [-0.4, -0.2) is 36.5 Å². The number of hydrogen-bond donors (Lipinski definition) is 1. The number of rotatable bonds is 7. The molecule has 1 atom stereocenters. The summed E-state index contributed by atoms with van der Waals surface area (Å²) < 4.78 is 10.7. The Hall–Kier alpha value is -4.39. The molecule has 0 bridgehead atoms. The number of benzene rings is 3. The van der Waals surface area contributed by atoms with Crippen LogP contribution in [-0.2, 0) is 14.3 Å². The van der Waals surface area contributed by atoms with Crippen molar-refractivity contribution >= 4 is 29.1 Å². The third-order valence-corrected chi connectivity index (χ3v) is 5.97. The van der Waals surface area contributed by atoms with Gasteiger partial charge in [-0.15, -0.1) is 0 Å². The average molecular weight is 486 g/mol. The molecule has 36 heavy (non-hydrogen) atoms. The predicted octanol–water partition coefficient (Wildman–Crippen LogP) is 5.20. The lowest BCUT2D eigenvalue weighted by Gasteiger charge is -2.26. The molecule has 0 aliphatic carbocycles. The van der Waals surface area contributed by atoms with Crippen molar-refractivity contribution in [2.24, 2.45) is 0 Å². The second-order valence-electron chi connectivity index (χ2n) is 8.47. The first-order chi connectivity index (χ1) is 17.4. The van der Waals surface area contributed by atoms with Crippen molar-refractivity contribution in [2.45, 2.75) is 26.3 Å². The fraction of sp³-hybridized carbons (Fsp3) is 0.207. The zero-order valence-corrected chi connectivity index (χ0v) is 20.4. The fourth-order valence-corrected chi connectivity index (χ4v) is 4.26. The first-order valence-corrected chi connectivity index (χ1v) is 11.7. The van der Waals surface area contributed by atoms with Gasteiger partial charge in [0.1, 0.15) is 11.5 Å². The summed E-state index contributed by atoms with van der Waals surface area (Å²) in [5.41, 5.74) is 2.33. The van der Waals surface area contributed by atoms with E-state index in [1.54, 1.807) is 54.6 Å². The normalized spacial score (nSPS) is 16.8. The van der Waals surface area contributed by atoms with E-state index >= 15 is 0 Å². The molecule has 0 saturated carbocycles. The first kappa shape index (κ1) is 24.7. The molecule has 1 aliphatic heterocycles. The SMILES string of the molecule is CCCOC(=O)c1cccc(N2C(=O)C(=O)/C(=C(/O)c3cc(C)ccc3OC)C2c2ccccc2)c1. The first-order valence-electron chi connectivity index (χ1n) is 11.7. The number of esters is 1. The van der Waals surface area contributed by atoms with Crippen molar-refractivity contribution in [3.8, 4) is 5.75 Å². The van der Waals surface area contributed by atoms with E-state index in [2.05, 4.69) is 0 Å². The van der Waals surface area contributed by atoms with Crippen LogP contribution >= 0.6 is 0 Å². The highest BCUT2D eigenvalue weighted by atomic mass is 16.5. The molecule has 1 aliphatic rings. The number of carbonyl (C=O) groups excluding carboxylic acids is 3. The highest BCUT2D eigenvalue weighted by molar-refractivity contribution is 6.51. The number of ketones is 1. The summed E-state index contributed by atoms with van der Waals surface area (Å²) in [7, 11) is 1.47. The Morgan fingerprint density at radius 2 is 1.75 bits per heavy atom. The molecule has 1 unspecified atom stereocenters. The number of hydrogen-bond acceptors (Lipinski definition) is 6. The Balaban J connectivity index is 1.90. The van der Waals surface area contributed by atoms with Crippen LogP contribution in [0.1, 0.15) is 46.4 Å². The van der Waals surface area contributed by atoms with Crippen LogP contribution in [0.25, 0.3) is 5.76 Å². The van der Waals surface area contributed by atoms with Gasteiger partial charge in [0.25, 0.3) is 11.7 Å². The Morgan fingerprint density at radius 3 is 2.44 bits per heavy atom. The van der Waals surface area contributed by atoms with Gasteiger partial charge >= 0.3 is 5.97 Å². The van der Waals surface area contributed by atoms with Gasteiger partial charge in [-0.3, -0.25) is 14.5 Å². The number of Topliss-reactive ketones (excluding diaryl/α,β-unsaturated/α-hetero) is 1. The molecular weight excluding hydrogens is 458 g/mol. The van der Waals surface area contributed by atoms with E-state index in [1.165, 1.54) is 18.1 Å². The number of aliphatic hydroxyl groups excluding tert-OH is 1. The molecule has 7 nitrogen and oxygen atoms in total. The van der Waals surface area contributed by atoms with Crippen LogP contribution in [0, 0.1) is 6.92 Å². The van der Waals surface area contributed by atoms with E-state index in [9.17, 15) is 19.5 Å². The van der Waals surface area contributed by atoms with Gasteiger partial charge in [0.15, 0.2) is 0 Å². The Bertz CT molecular complexity index is 1340. The summed E-state index contributed by atoms with van der Waals surface area (Å²) in [6, 6.07) is 19.7. The number of methoxy groups -OCH3 is 1. The van der Waals surface area contributed by atoms with Gasteiger partial charge in [0, 0.05) is 5.69 Å². The Morgan fingerprint density at radius 1 is 1.00 bits per heavy atom. The van der Waals surface area contributed by atoms with Gasteiger partial charge in [0.2, 0.25) is 0 Å². The zero-order chi connectivity index (χ0) is 25.8. The van der Waals surface area contributed by atoms with Crippen LogP contribution in [0.15, 0.2) is 78.4 Å². The summed E-state index contributed by atoms with van der Waals surface area (Å²) in [5, 5.41) is 11.4. The number of ether oxygens (including phenoxy) is 2. The molecule has 1 N–H and O–H groups in total. The second-order valence-corrected chi connectivity index (χ2v) is 8.47. The topological polar surface area (TPSA) is 93.1 Å². The molecule has 0 aromatic heterocycles. The molecule has 7 heteroatoms. The summed E-state index contributed by atoms with van der Waals surface area (Å²) >= 11 is 0. The third-order valence-electron chi connectivity index (χ3n) is 5.97. The molecule has 1 heterocycles. The largest absolute Gasteiger partial charge is 0.507 e. The van der Waals surface area contributed by atoms with Crippen molar-refractivity contribution in [3.63, 3.8) is 0 Å².